The molecule has 0 atom stereocenters. The molecule has 0 saturated heterocycles. The number of hydrogen-bond donors (Lipinski definition) is 3. The van der Waals surface area contributed by atoms with Crippen LogP contribution in [0.3, 0.4) is 0 Å². The van der Waals surface area contributed by atoms with Crippen molar-refractivity contribution in [1.29, 1.82) is 0 Å². The van der Waals surface area contributed by atoms with Crippen LogP contribution in [-0.4, -0.2) is 33.6 Å². The summed E-state index contributed by atoms with van der Waals surface area (Å²) in [5.74, 6) is 6.33. The number of aromatic amines is 1. The molecule has 0 bridgehead atoms. The van der Waals surface area contributed by atoms with Gasteiger partial charge in [0, 0.05) is 18.2 Å². The number of hydrazine groups is 1. The van der Waals surface area contributed by atoms with Gasteiger partial charge in [-0.05, 0) is 43.3 Å². The number of halogens is 4. The van der Waals surface area contributed by atoms with E-state index in [0.29, 0.717) is 26.7 Å². The minimum absolute atomic E-state index is 0. The first-order chi connectivity index (χ1) is 18.7. The van der Waals surface area contributed by atoms with Crippen LogP contribution in [0.25, 0.3) is 5.69 Å². The first kappa shape index (κ1) is 45.4. The second-order valence-electron chi connectivity index (χ2n) is 9.62. The van der Waals surface area contributed by atoms with Crippen molar-refractivity contribution in [3.63, 3.8) is 0 Å². The Hall–Kier alpha value is -1.04. The number of nitrogen functional groups attached to an aromatic ring is 1. The molecule has 0 fully saturated rings. The van der Waals surface area contributed by atoms with Gasteiger partial charge in [0.2, 0.25) is 0 Å². The molecule has 0 aliphatic carbocycles. The van der Waals surface area contributed by atoms with Crippen molar-refractivity contribution in [2.45, 2.75) is 59.7 Å². The number of carbonyl (C=O) groups excluding carboxylic acids is 1. The van der Waals surface area contributed by atoms with Crippen molar-refractivity contribution in [1.82, 2.24) is 9.78 Å². The Labute approximate surface area is 310 Å². The maximum absolute atomic E-state index is 10.9. The molecular weight excluding hydrogens is 653 g/mol. The van der Waals surface area contributed by atoms with Gasteiger partial charge >= 0.3 is 57.4 Å². The Morgan fingerprint density at radius 2 is 1.40 bits per heavy atom. The van der Waals surface area contributed by atoms with Crippen LogP contribution in [0.15, 0.2) is 53.5 Å². The monoisotopic (exact) mass is 687 g/mol. The number of hydrogen-bond acceptors (Lipinski definition) is 7. The number of anilines is 1. The molecule has 0 unspecified atom stereocenters. The summed E-state index contributed by atoms with van der Waals surface area (Å²) < 4.78 is 5.89. The molecule has 14 heteroatoms. The summed E-state index contributed by atoms with van der Waals surface area (Å²) in [5.41, 5.74) is 2.31. The number of carbonyl (C=O) groups is 1. The van der Waals surface area contributed by atoms with E-state index in [0.717, 1.165) is 11.4 Å². The number of terminal acetylenes is 1. The van der Waals surface area contributed by atoms with E-state index in [9.17, 15) is 19.8 Å². The Balaban J connectivity index is -0.000000482. The second-order valence-corrected chi connectivity index (χ2v) is 11.3. The zero-order valence-corrected chi connectivity index (χ0v) is 31.1. The third kappa shape index (κ3) is 27.8. The summed E-state index contributed by atoms with van der Waals surface area (Å²) >= 11 is 22.9. The van der Waals surface area contributed by atoms with E-state index in [4.69, 9.17) is 52.2 Å². The predicted molar refractivity (Wildman–Crippen MR) is 166 cm³/mol. The van der Waals surface area contributed by atoms with Gasteiger partial charge in [-0.3, -0.25) is 20.4 Å². The van der Waals surface area contributed by atoms with Gasteiger partial charge in [0.1, 0.15) is 0 Å². The minimum atomic E-state index is -0.750. The SMILES string of the molecule is C#CC(=O)OCC.CC(C)(C)[O-].CC(C)(C)[O-].NNc1ccc(Cl)c(Cl)c1.O=c1ccn(-c2ccc(Cl)c(Cl)c2)[nH]1.[K+]. The number of H-pyrrole nitrogens is 1. The maximum Gasteiger partial charge on any atom is 1.00 e. The van der Waals surface area contributed by atoms with Crippen LogP contribution in [0, 0.1) is 12.3 Å². The zero-order valence-electron chi connectivity index (χ0n) is 25.0. The van der Waals surface area contributed by atoms with Gasteiger partial charge < -0.3 is 20.4 Å². The van der Waals surface area contributed by atoms with Crippen molar-refractivity contribution in [2.75, 3.05) is 12.0 Å². The van der Waals surface area contributed by atoms with Gasteiger partial charge in [0.15, 0.2) is 0 Å². The number of aromatic nitrogens is 2. The molecule has 0 radical (unpaired) electrons. The molecule has 9 nitrogen and oxygen atoms in total. The zero-order chi connectivity index (χ0) is 32.4. The van der Waals surface area contributed by atoms with E-state index in [1.807, 2.05) is 0 Å². The van der Waals surface area contributed by atoms with Crippen LogP contribution in [-0.2, 0) is 9.53 Å². The fourth-order valence-electron chi connectivity index (χ4n) is 1.88. The van der Waals surface area contributed by atoms with E-state index in [1.54, 1.807) is 102 Å². The largest absolute Gasteiger partial charge is 1.00 e. The molecule has 0 aliphatic rings. The molecule has 228 valence electrons. The number of nitrogens with two attached hydrogens (primary N) is 1. The first-order valence-corrected chi connectivity index (χ1v) is 13.4. The van der Waals surface area contributed by atoms with E-state index < -0.39 is 17.2 Å². The van der Waals surface area contributed by atoms with Crippen molar-refractivity contribution in [3.05, 3.63) is 79.1 Å². The quantitative estimate of drug-likeness (QED) is 0.0955. The van der Waals surface area contributed by atoms with Gasteiger partial charge in [-0.25, -0.2) is 4.79 Å². The number of ether oxygens (including phenoxy) is 1. The number of esters is 1. The van der Waals surface area contributed by atoms with Gasteiger partial charge in [-0.2, -0.15) is 0 Å². The average molecular weight is 690 g/mol. The van der Waals surface area contributed by atoms with E-state index >= 15 is 0 Å². The molecule has 1 heterocycles. The summed E-state index contributed by atoms with van der Waals surface area (Å²) in [6, 6.07) is 11.6. The molecule has 3 aromatic rings. The maximum atomic E-state index is 10.9. The fraction of sp³-hybridized carbons (Fsp3) is 0.357. The van der Waals surface area contributed by atoms with E-state index in [1.165, 1.54) is 6.07 Å². The van der Waals surface area contributed by atoms with Crippen LogP contribution >= 0.6 is 46.4 Å². The third-order valence-electron chi connectivity index (χ3n) is 3.27. The van der Waals surface area contributed by atoms with Gasteiger partial charge in [0.25, 0.3) is 5.56 Å². The number of rotatable bonds is 3. The Morgan fingerprint density at radius 1 is 0.952 bits per heavy atom. The standard InChI is InChI=1S/C9H6Cl2N2O.C6H6Cl2N2.C5H6O2.2C4H9O.K/c10-7-2-1-6(5-8(7)11)13-4-3-9(14)12-13;7-5-2-1-4(10-9)3-6(5)8;1-3-5(6)7-4-2;2*1-4(2,3)5;/h1-5H,(H,12,14);1-3,10H,9H2;1H,4H2,2H3;2*1-3H3;/q;;;2*-1;+1. The van der Waals surface area contributed by atoms with E-state index in [-0.39, 0.29) is 56.9 Å². The third-order valence-corrected chi connectivity index (χ3v) is 4.74. The average Bonchev–Trinajstić information content (AvgIpc) is 3.27. The summed E-state index contributed by atoms with van der Waals surface area (Å²) in [6.07, 6.45) is 6.26. The van der Waals surface area contributed by atoms with Crippen LogP contribution < -0.4 is 78.4 Å². The molecule has 42 heavy (non-hydrogen) atoms. The van der Waals surface area contributed by atoms with Crippen LogP contribution in [0.1, 0.15) is 48.5 Å². The number of nitrogens with zero attached hydrogens (tertiary/aromatic N) is 1. The van der Waals surface area contributed by atoms with Crippen molar-refractivity contribution >= 4 is 58.1 Å². The summed E-state index contributed by atoms with van der Waals surface area (Å²) in [5, 5.41) is 24.8. The van der Waals surface area contributed by atoms with Crippen molar-refractivity contribution in [3.8, 4) is 18.0 Å². The number of benzene rings is 2. The molecule has 0 saturated carbocycles. The molecule has 0 aliphatic heterocycles. The molecule has 4 N–H and O–H groups in total. The predicted octanol–water partition coefficient (Wildman–Crippen LogP) is 2.23. The van der Waals surface area contributed by atoms with Crippen molar-refractivity contribution < 1.29 is 71.1 Å². The molecule has 2 aromatic carbocycles. The Kier molecular flexibility index (Phi) is 25.2. The van der Waals surface area contributed by atoms with Gasteiger partial charge in [0.05, 0.1) is 38.1 Å². The fourth-order valence-corrected chi connectivity index (χ4v) is 2.47. The number of nitrogens with one attached hydrogen (secondary N) is 2. The topological polar surface area (TPSA) is 148 Å². The van der Waals surface area contributed by atoms with Crippen LogP contribution in [0.5, 0.6) is 0 Å². The summed E-state index contributed by atoms with van der Waals surface area (Å²) in [6.45, 7) is 11.8. The molecule has 0 spiro atoms. The van der Waals surface area contributed by atoms with E-state index in [2.05, 4.69) is 21.7 Å². The van der Waals surface area contributed by atoms with Gasteiger partial charge in [-0.15, -0.1) is 17.6 Å². The Bertz CT molecular complexity index is 1270. The second kappa shape index (κ2) is 23.4. The molecular formula is C28H36Cl4KN4O5-. The normalized spacial score (nSPS) is 9.74. The minimum Gasteiger partial charge on any atom is -0.850 e. The molecule has 3 rings (SSSR count). The molecule has 1 aromatic heterocycles. The summed E-state index contributed by atoms with van der Waals surface area (Å²) in [7, 11) is 0. The van der Waals surface area contributed by atoms with Crippen LogP contribution in [0.4, 0.5) is 5.69 Å². The molecule has 0 amide bonds. The van der Waals surface area contributed by atoms with Crippen molar-refractivity contribution in [2.24, 2.45) is 5.84 Å². The Morgan fingerprint density at radius 3 is 1.71 bits per heavy atom. The van der Waals surface area contributed by atoms with Gasteiger partial charge in [-0.1, -0.05) is 87.9 Å². The first-order valence-electron chi connectivity index (χ1n) is 11.9. The van der Waals surface area contributed by atoms with Crippen LogP contribution in [0.2, 0.25) is 20.1 Å². The smallest absolute Gasteiger partial charge is 0.850 e. The summed E-state index contributed by atoms with van der Waals surface area (Å²) in [4.78, 5) is 20.8.